The van der Waals surface area contributed by atoms with Gasteiger partial charge in [-0.2, -0.15) is 4.98 Å². The number of carbonyl (C=O) groups excluding carboxylic acids is 1. The van der Waals surface area contributed by atoms with E-state index in [1.54, 1.807) is 24.3 Å². The molecule has 2 aromatic heterocycles. The third-order valence-corrected chi connectivity index (χ3v) is 7.11. The molecule has 0 saturated heterocycles. The molecule has 0 spiro atoms. The Bertz CT molecular complexity index is 1690. The van der Waals surface area contributed by atoms with Crippen molar-refractivity contribution in [3.8, 4) is 34.6 Å². The number of aromatic nitrogens is 3. The van der Waals surface area contributed by atoms with Crippen LogP contribution in [0.15, 0.2) is 72.0 Å². The maximum Gasteiger partial charge on any atom is 0.412 e. The number of amides is 1. The number of halogens is 1. The average Bonchev–Trinajstić information content (AvgIpc) is 3.46. The van der Waals surface area contributed by atoms with Crippen LogP contribution in [0.1, 0.15) is 0 Å². The lowest BCUT2D eigenvalue weighted by Gasteiger charge is -2.16. The monoisotopic (exact) mass is 615 g/mol. The summed E-state index contributed by atoms with van der Waals surface area (Å²) in [6.45, 7) is -0.393. The van der Waals surface area contributed by atoms with Gasteiger partial charge in [0.2, 0.25) is 12.5 Å². The molecule has 5 rings (SSSR count). The molecule has 16 heteroatoms. The van der Waals surface area contributed by atoms with Crippen molar-refractivity contribution in [1.29, 1.82) is 0 Å². The zero-order valence-corrected chi connectivity index (χ0v) is 23.3. The molecule has 0 bridgehead atoms. The van der Waals surface area contributed by atoms with Gasteiger partial charge >= 0.3 is 6.09 Å². The van der Waals surface area contributed by atoms with E-state index in [-0.39, 0.29) is 58.9 Å². The van der Waals surface area contributed by atoms with Crippen molar-refractivity contribution in [3.05, 3.63) is 72.1 Å². The number of ether oxygens (including phenoxy) is 6. The van der Waals surface area contributed by atoms with E-state index in [2.05, 4.69) is 25.0 Å². The highest BCUT2D eigenvalue weighted by atomic mass is 35.5. The van der Waals surface area contributed by atoms with Crippen molar-refractivity contribution in [2.24, 2.45) is 0 Å². The zero-order valence-electron chi connectivity index (χ0n) is 21.8. The number of hydrogen-bond donors (Lipinski definition) is 2. The number of nitrogens with one attached hydrogen (secondary N) is 2. The Morgan fingerprint density at radius 1 is 1.02 bits per heavy atom. The van der Waals surface area contributed by atoms with E-state index in [0.29, 0.717) is 17.3 Å². The highest BCUT2D eigenvalue weighted by Crippen LogP contribution is 2.41. The van der Waals surface area contributed by atoms with Gasteiger partial charge < -0.3 is 28.4 Å². The standard InChI is InChI=1S/C26H22ClN5O9S/c1-36-16-5-7-18(27)20(12-16)41-23-24(32-42(34,35)17-6-8-19-21(13-17)40-15-39-19)29-14-30-25(23)37-10-11-38-26(33)31-22-4-2-3-9-28-22/h2-9,12-14H,10-11,15H2,1H3,(H,28,31,33)(H,29,30,32). The molecular weight excluding hydrogens is 594 g/mol. The summed E-state index contributed by atoms with van der Waals surface area (Å²) < 4.78 is 61.5. The highest BCUT2D eigenvalue weighted by molar-refractivity contribution is 7.92. The van der Waals surface area contributed by atoms with Crippen molar-refractivity contribution >= 4 is 39.4 Å². The van der Waals surface area contributed by atoms with Gasteiger partial charge in [-0.3, -0.25) is 10.0 Å². The molecule has 1 aliphatic heterocycles. The SMILES string of the molecule is COc1ccc(Cl)c(Oc2c(NS(=O)(=O)c3ccc4c(c3)OCO4)ncnc2OCCOC(=O)Nc2ccccn2)c1. The Morgan fingerprint density at radius 3 is 2.69 bits per heavy atom. The Balaban J connectivity index is 1.37. The Morgan fingerprint density at radius 2 is 1.88 bits per heavy atom. The topological polar surface area (TPSA) is 169 Å². The quantitative estimate of drug-likeness (QED) is 0.227. The van der Waals surface area contributed by atoms with Gasteiger partial charge in [0.25, 0.3) is 15.9 Å². The molecule has 0 unspecified atom stereocenters. The van der Waals surface area contributed by atoms with Crippen LogP contribution in [0.2, 0.25) is 5.02 Å². The van der Waals surface area contributed by atoms with Crippen LogP contribution in [0.4, 0.5) is 16.4 Å². The number of hydrogen-bond acceptors (Lipinski definition) is 12. The van der Waals surface area contributed by atoms with E-state index in [1.165, 1.54) is 43.6 Å². The van der Waals surface area contributed by atoms with E-state index in [0.717, 1.165) is 6.33 Å². The Hall–Kier alpha value is -5.02. The summed E-state index contributed by atoms with van der Waals surface area (Å²) in [5.74, 6) is 0.884. The summed E-state index contributed by atoms with van der Waals surface area (Å²) in [4.78, 5) is 24.0. The number of anilines is 2. The number of fused-ring (bicyclic) bond motifs is 1. The molecule has 4 aromatic rings. The minimum absolute atomic E-state index is 0.0212. The molecule has 1 aliphatic rings. The summed E-state index contributed by atoms with van der Waals surface area (Å²) >= 11 is 6.32. The Labute approximate surface area is 244 Å². The summed E-state index contributed by atoms with van der Waals surface area (Å²) in [7, 11) is -2.75. The predicted molar refractivity (Wildman–Crippen MR) is 148 cm³/mol. The van der Waals surface area contributed by atoms with Gasteiger partial charge in [0, 0.05) is 18.3 Å². The van der Waals surface area contributed by atoms with Gasteiger partial charge in [-0.15, -0.1) is 0 Å². The van der Waals surface area contributed by atoms with Gasteiger partial charge in [-0.05, 0) is 36.4 Å². The first-order valence-corrected chi connectivity index (χ1v) is 13.9. The second-order valence-corrected chi connectivity index (χ2v) is 10.3. The third kappa shape index (κ3) is 6.82. The molecule has 218 valence electrons. The molecule has 0 saturated carbocycles. The first kappa shape index (κ1) is 28.5. The minimum atomic E-state index is -4.21. The Kier molecular flexibility index (Phi) is 8.59. The van der Waals surface area contributed by atoms with E-state index in [9.17, 15) is 13.2 Å². The van der Waals surface area contributed by atoms with Crippen molar-refractivity contribution in [2.75, 3.05) is 37.2 Å². The second-order valence-electron chi connectivity index (χ2n) is 8.20. The number of benzene rings is 2. The predicted octanol–water partition coefficient (Wildman–Crippen LogP) is 4.48. The number of sulfonamides is 1. The summed E-state index contributed by atoms with van der Waals surface area (Å²) in [6, 6.07) is 13.8. The van der Waals surface area contributed by atoms with Gasteiger partial charge in [0.05, 0.1) is 17.0 Å². The normalized spacial score (nSPS) is 11.9. The summed E-state index contributed by atoms with van der Waals surface area (Å²) in [5.41, 5.74) is 0. The van der Waals surface area contributed by atoms with Crippen LogP contribution in [0.25, 0.3) is 0 Å². The molecule has 0 radical (unpaired) electrons. The van der Waals surface area contributed by atoms with Crippen molar-refractivity contribution in [2.45, 2.75) is 4.90 Å². The van der Waals surface area contributed by atoms with Crippen LogP contribution in [-0.2, 0) is 14.8 Å². The van der Waals surface area contributed by atoms with Crippen LogP contribution in [0, 0.1) is 0 Å². The van der Waals surface area contributed by atoms with Gasteiger partial charge in [0.1, 0.15) is 36.9 Å². The van der Waals surface area contributed by atoms with E-state index < -0.39 is 16.1 Å². The van der Waals surface area contributed by atoms with Crippen LogP contribution < -0.4 is 33.7 Å². The van der Waals surface area contributed by atoms with E-state index >= 15 is 0 Å². The molecular formula is C26H22ClN5O9S. The first-order valence-electron chi connectivity index (χ1n) is 12.1. The molecule has 14 nitrogen and oxygen atoms in total. The second kappa shape index (κ2) is 12.7. The fourth-order valence-electron chi connectivity index (χ4n) is 3.50. The number of rotatable bonds is 11. The van der Waals surface area contributed by atoms with Gasteiger partial charge in [0.15, 0.2) is 17.3 Å². The summed E-state index contributed by atoms with van der Waals surface area (Å²) in [6.07, 6.45) is 1.83. The maximum atomic E-state index is 13.3. The van der Waals surface area contributed by atoms with Crippen LogP contribution in [-0.4, -0.2) is 56.6 Å². The van der Waals surface area contributed by atoms with Gasteiger partial charge in [-0.1, -0.05) is 17.7 Å². The molecule has 2 N–H and O–H groups in total. The lowest BCUT2D eigenvalue weighted by molar-refractivity contribution is 0.135. The average molecular weight is 616 g/mol. The van der Waals surface area contributed by atoms with E-state index in [1.807, 2.05) is 0 Å². The smallest absolute Gasteiger partial charge is 0.412 e. The fraction of sp³-hybridized carbons (Fsp3) is 0.154. The lowest BCUT2D eigenvalue weighted by atomic mass is 10.3. The number of methoxy groups -OCH3 is 1. The fourth-order valence-corrected chi connectivity index (χ4v) is 4.69. The number of carbonyl (C=O) groups is 1. The molecule has 3 heterocycles. The lowest BCUT2D eigenvalue weighted by Crippen LogP contribution is -2.19. The first-order chi connectivity index (χ1) is 20.3. The number of nitrogens with zero attached hydrogens (tertiary/aromatic N) is 3. The van der Waals surface area contributed by atoms with Crippen LogP contribution >= 0.6 is 11.6 Å². The van der Waals surface area contributed by atoms with Gasteiger partial charge in [-0.25, -0.2) is 23.2 Å². The van der Waals surface area contributed by atoms with E-state index in [4.69, 9.17) is 40.0 Å². The summed E-state index contributed by atoms with van der Waals surface area (Å²) in [5, 5.41) is 2.65. The molecule has 0 atom stereocenters. The minimum Gasteiger partial charge on any atom is -0.497 e. The van der Waals surface area contributed by atoms with Crippen molar-refractivity contribution in [1.82, 2.24) is 15.0 Å². The maximum absolute atomic E-state index is 13.3. The zero-order chi connectivity index (χ0) is 29.5. The van der Waals surface area contributed by atoms with Crippen LogP contribution in [0.5, 0.6) is 34.6 Å². The highest BCUT2D eigenvalue weighted by Gasteiger charge is 2.25. The molecule has 1 amide bonds. The van der Waals surface area contributed by atoms with Crippen LogP contribution in [0.3, 0.4) is 0 Å². The van der Waals surface area contributed by atoms with Crippen molar-refractivity contribution < 1.29 is 41.6 Å². The number of pyridine rings is 1. The molecule has 2 aromatic carbocycles. The molecule has 0 fully saturated rings. The molecule has 42 heavy (non-hydrogen) atoms. The van der Waals surface area contributed by atoms with Crippen molar-refractivity contribution in [3.63, 3.8) is 0 Å². The molecule has 0 aliphatic carbocycles. The third-order valence-electron chi connectivity index (χ3n) is 5.46. The largest absolute Gasteiger partial charge is 0.497 e.